The lowest BCUT2D eigenvalue weighted by Crippen LogP contribution is -2.21. The van der Waals surface area contributed by atoms with Gasteiger partial charge in [0.05, 0.1) is 0 Å². The molecule has 1 nitrogen and oxygen atoms in total. The van der Waals surface area contributed by atoms with E-state index >= 15 is 0 Å². The highest BCUT2D eigenvalue weighted by atomic mass is 79.9. The summed E-state index contributed by atoms with van der Waals surface area (Å²) in [6, 6.07) is 8.48. The number of rotatable bonds is 1. The minimum atomic E-state index is 0.101. The summed E-state index contributed by atoms with van der Waals surface area (Å²) in [5.41, 5.74) is 2.57. The third kappa shape index (κ3) is 1.48. The normalized spacial score (nSPS) is 26.3. The smallest absolute Gasteiger partial charge is 0.0333 e. The van der Waals surface area contributed by atoms with Crippen LogP contribution in [0.2, 0.25) is 0 Å². The highest BCUT2D eigenvalue weighted by Crippen LogP contribution is 2.37. The predicted octanol–water partition coefficient (Wildman–Crippen LogP) is 3.21. The highest BCUT2D eigenvalue weighted by Gasteiger charge is 2.34. The Bertz CT molecular complexity index is 372. The number of allylic oxidation sites excluding steroid dienone is 1. The lowest BCUT2D eigenvalue weighted by molar-refractivity contribution is 0.585. The molecule has 1 unspecified atom stereocenters. The molecule has 1 saturated heterocycles. The molecule has 74 valence electrons. The molecule has 1 atom stereocenters. The van der Waals surface area contributed by atoms with Crippen molar-refractivity contribution in [3.05, 3.63) is 46.6 Å². The zero-order valence-corrected chi connectivity index (χ0v) is 9.89. The highest BCUT2D eigenvalue weighted by molar-refractivity contribution is 9.10. The van der Waals surface area contributed by atoms with Crippen molar-refractivity contribution in [3.63, 3.8) is 0 Å². The molecule has 0 saturated carbocycles. The summed E-state index contributed by atoms with van der Waals surface area (Å²) in [6.45, 7) is 7.36. The average molecular weight is 252 g/mol. The predicted molar refractivity (Wildman–Crippen MR) is 63.3 cm³/mol. The lowest BCUT2D eigenvalue weighted by Gasteiger charge is -2.25. The van der Waals surface area contributed by atoms with Crippen LogP contribution in [0.25, 0.3) is 0 Å². The Morgan fingerprint density at radius 2 is 2.29 bits per heavy atom. The fraction of sp³-hybridized carbons (Fsp3) is 0.333. The molecule has 0 aromatic heterocycles. The van der Waals surface area contributed by atoms with E-state index in [1.54, 1.807) is 0 Å². The first-order chi connectivity index (χ1) is 6.63. The van der Waals surface area contributed by atoms with E-state index in [2.05, 4.69) is 59.0 Å². The first-order valence-corrected chi connectivity index (χ1v) is 5.61. The summed E-state index contributed by atoms with van der Waals surface area (Å²) in [7, 11) is 0. The molecule has 0 radical (unpaired) electrons. The summed E-state index contributed by atoms with van der Waals surface area (Å²) in [6.07, 6.45) is 1.13. The third-order valence-corrected chi connectivity index (χ3v) is 3.58. The Morgan fingerprint density at radius 1 is 1.50 bits per heavy atom. The van der Waals surface area contributed by atoms with Crippen molar-refractivity contribution in [1.29, 1.82) is 0 Å². The van der Waals surface area contributed by atoms with E-state index in [0.29, 0.717) is 0 Å². The molecule has 1 fully saturated rings. The molecule has 0 amide bonds. The number of hydrogen-bond donors (Lipinski definition) is 1. The van der Waals surface area contributed by atoms with Gasteiger partial charge in [-0.25, -0.2) is 0 Å². The standard InChI is InChI=1S/C12H14BrN/c1-9-12(2,6-7-14-9)10-4-3-5-11(13)8-10/h3-5,8,14H,1,6-7H2,2H3. The van der Waals surface area contributed by atoms with E-state index < -0.39 is 0 Å². The zero-order valence-electron chi connectivity index (χ0n) is 8.31. The minimum Gasteiger partial charge on any atom is -0.388 e. The molecule has 1 aromatic rings. The van der Waals surface area contributed by atoms with Crippen LogP contribution in [0, 0.1) is 0 Å². The SMILES string of the molecule is C=C1NCCC1(C)c1cccc(Br)c1. The van der Waals surface area contributed by atoms with E-state index in [4.69, 9.17) is 0 Å². The van der Waals surface area contributed by atoms with Crippen LogP contribution in [-0.2, 0) is 5.41 Å². The maximum absolute atomic E-state index is 4.09. The monoisotopic (exact) mass is 251 g/mol. The van der Waals surface area contributed by atoms with E-state index in [1.165, 1.54) is 5.56 Å². The molecule has 2 rings (SSSR count). The van der Waals surface area contributed by atoms with Crippen LogP contribution < -0.4 is 5.32 Å². The molecular formula is C12H14BrN. The number of nitrogens with one attached hydrogen (secondary N) is 1. The Labute approximate surface area is 93.3 Å². The van der Waals surface area contributed by atoms with E-state index in [-0.39, 0.29) is 5.41 Å². The van der Waals surface area contributed by atoms with Gasteiger partial charge in [-0.05, 0) is 31.0 Å². The first-order valence-electron chi connectivity index (χ1n) is 4.82. The second-order valence-electron chi connectivity index (χ2n) is 4.00. The van der Waals surface area contributed by atoms with Gasteiger partial charge in [-0.15, -0.1) is 0 Å². The van der Waals surface area contributed by atoms with Crippen molar-refractivity contribution in [1.82, 2.24) is 5.32 Å². The van der Waals surface area contributed by atoms with Gasteiger partial charge in [-0.3, -0.25) is 0 Å². The second-order valence-corrected chi connectivity index (χ2v) is 4.91. The number of hydrogen-bond acceptors (Lipinski definition) is 1. The molecule has 0 aliphatic carbocycles. The maximum atomic E-state index is 4.09. The fourth-order valence-corrected chi connectivity index (χ4v) is 2.36. The maximum Gasteiger partial charge on any atom is 0.0333 e. The molecule has 0 bridgehead atoms. The van der Waals surface area contributed by atoms with Crippen LogP contribution in [0.15, 0.2) is 41.0 Å². The summed E-state index contributed by atoms with van der Waals surface area (Å²) in [5, 5.41) is 3.32. The third-order valence-electron chi connectivity index (χ3n) is 3.09. The molecule has 1 heterocycles. The molecule has 1 aliphatic rings. The van der Waals surface area contributed by atoms with Gasteiger partial charge < -0.3 is 5.32 Å². The Hall–Kier alpha value is -0.760. The van der Waals surface area contributed by atoms with Crippen molar-refractivity contribution in [2.24, 2.45) is 0 Å². The van der Waals surface area contributed by atoms with Crippen molar-refractivity contribution in [2.75, 3.05) is 6.54 Å². The van der Waals surface area contributed by atoms with Gasteiger partial charge in [0, 0.05) is 22.1 Å². The van der Waals surface area contributed by atoms with Crippen molar-refractivity contribution >= 4 is 15.9 Å². The van der Waals surface area contributed by atoms with Crippen LogP contribution in [0.1, 0.15) is 18.9 Å². The van der Waals surface area contributed by atoms with Crippen LogP contribution in [0.3, 0.4) is 0 Å². The summed E-state index contributed by atoms with van der Waals surface area (Å²) < 4.78 is 1.14. The average Bonchev–Trinajstić information content (AvgIpc) is 2.49. The van der Waals surface area contributed by atoms with Crippen LogP contribution >= 0.6 is 15.9 Å². The minimum absolute atomic E-state index is 0.101. The van der Waals surface area contributed by atoms with E-state index in [0.717, 1.165) is 23.1 Å². The molecule has 1 aromatic carbocycles. The van der Waals surface area contributed by atoms with Crippen LogP contribution in [0.4, 0.5) is 0 Å². The topological polar surface area (TPSA) is 12.0 Å². The molecule has 0 spiro atoms. The van der Waals surface area contributed by atoms with Gasteiger partial charge in [-0.2, -0.15) is 0 Å². The molecule has 1 aliphatic heterocycles. The Balaban J connectivity index is 2.43. The first kappa shape index (κ1) is 9.78. The second kappa shape index (κ2) is 3.43. The van der Waals surface area contributed by atoms with Gasteiger partial charge in [0.1, 0.15) is 0 Å². The van der Waals surface area contributed by atoms with Gasteiger partial charge in [0.25, 0.3) is 0 Å². The molecule has 14 heavy (non-hydrogen) atoms. The van der Waals surface area contributed by atoms with Gasteiger partial charge in [0.15, 0.2) is 0 Å². The van der Waals surface area contributed by atoms with Gasteiger partial charge >= 0.3 is 0 Å². The lowest BCUT2D eigenvalue weighted by atomic mass is 9.80. The summed E-state index contributed by atoms with van der Waals surface area (Å²) >= 11 is 3.50. The van der Waals surface area contributed by atoms with Crippen LogP contribution in [0.5, 0.6) is 0 Å². The quantitative estimate of drug-likeness (QED) is 0.809. The van der Waals surface area contributed by atoms with E-state index in [1.807, 2.05) is 0 Å². The Morgan fingerprint density at radius 3 is 2.86 bits per heavy atom. The molecule has 1 N–H and O–H groups in total. The number of benzene rings is 1. The molecular weight excluding hydrogens is 238 g/mol. The number of halogens is 1. The van der Waals surface area contributed by atoms with Crippen LogP contribution in [-0.4, -0.2) is 6.54 Å². The Kier molecular flexibility index (Phi) is 2.40. The van der Waals surface area contributed by atoms with Crippen molar-refractivity contribution in [2.45, 2.75) is 18.8 Å². The van der Waals surface area contributed by atoms with Crippen molar-refractivity contribution in [3.8, 4) is 0 Å². The summed E-state index contributed by atoms with van der Waals surface area (Å²) in [4.78, 5) is 0. The van der Waals surface area contributed by atoms with Gasteiger partial charge in [-0.1, -0.05) is 34.6 Å². The van der Waals surface area contributed by atoms with Crippen molar-refractivity contribution < 1.29 is 0 Å². The largest absolute Gasteiger partial charge is 0.388 e. The zero-order chi connectivity index (χ0) is 10.2. The van der Waals surface area contributed by atoms with Gasteiger partial charge in [0.2, 0.25) is 0 Å². The molecule has 2 heteroatoms. The summed E-state index contributed by atoms with van der Waals surface area (Å²) in [5.74, 6) is 0. The fourth-order valence-electron chi connectivity index (χ4n) is 1.96. The van der Waals surface area contributed by atoms with E-state index in [9.17, 15) is 0 Å².